The van der Waals surface area contributed by atoms with E-state index in [4.69, 9.17) is 9.26 Å². The summed E-state index contributed by atoms with van der Waals surface area (Å²) in [7, 11) is 1.63. The highest BCUT2D eigenvalue weighted by Gasteiger charge is 2.37. The molecule has 3 heterocycles. The summed E-state index contributed by atoms with van der Waals surface area (Å²) in [6.07, 6.45) is 3.86. The Morgan fingerprint density at radius 1 is 1.32 bits per heavy atom. The Balaban J connectivity index is 1.26. The molecule has 2 saturated heterocycles. The van der Waals surface area contributed by atoms with E-state index >= 15 is 0 Å². The number of rotatable bonds is 5. The minimum absolute atomic E-state index is 0.0414. The van der Waals surface area contributed by atoms with Crippen LogP contribution >= 0.6 is 0 Å². The van der Waals surface area contributed by atoms with Crippen LogP contribution in [0.2, 0.25) is 0 Å². The predicted octanol–water partition coefficient (Wildman–Crippen LogP) is 3.12. The van der Waals surface area contributed by atoms with Crippen molar-refractivity contribution in [2.45, 2.75) is 44.8 Å². The van der Waals surface area contributed by atoms with Gasteiger partial charge < -0.3 is 19.5 Å². The Hall–Kier alpha value is -2.54. The van der Waals surface area contributed by atoms with Gasteiger partial charge in [0.2, 0.25) is 0 Å². The molecular weight excluding hydrogens is 356 g/mol. The second kappa shape index (κ2) is 8.22. The Morgan fingerprint density at radius 2 is 2.18 bits per heavy atom. The van der Waals surface area contributed by atoms with Crippen LogP contribution < -0.4 is 10.1 Å². The SMILES string of the molecule is COc1cccc(-c2cc(CNC(=O)N3CC(N4CCCC[C@H]4C)C3)on2)c1. The summed E-state index contributed by atoms with van der Waals surface area (Å²) < 4.78 is 10.6. The second-order valence-electron chi connectivity index (χ2n) is 7.71. The van der Waals surface area contributed by atoms with E-state index in [1.165, 1.54) is 19.3 Å². The summed E-state index contributed by atoms with van der Waals surface area (Å²) in [6.45, 7) is 5.40. The Bertz CT molecular complexity index is 815. The zero-order valence-electron chi connectivity index (χ0n) is 16.6. The first-order valence-electron chi connectivity index (χ1n) is 10.0. The van der Waals surface area contributed by atoms with E-state index in [-0.39, 0.29) is 6.03 Å². The van der Waals surface area contributed by atoms with Crippen molar-refractivity contribution in [3.63, 3.8) is 0 Å². The van der Waals surface area contributed by atoms with Gasteiger partial charge in [0.25, 0.3) is 0 Å². The maximum absolute atomic E-state index is 12.4. The van der Waals surface area contributed by atoms with Crippen LogP contribution in [0.5, 0.6) is 5.75 Å². The van der Waals surface area contributed by atoms with Gasteiger partial charge in [-0.25, -0.2) is 4.79 Å². The minimum atomic E-state index is -0.0414. The zero-order valence-corrected chi connectivity index (χ0v) is 16.6. The zero-order chi connectivity index (χ0) is 19.5. The lowest BCUT2D eigenvalue weighted by Crippen LogP contribution is -2.64. The van der Waals surface area contributed by atoms with E-state index in [9.17, 15) is 4.79 Å². The largest absolute Gasteiger partial charge is 0.497 e. The molecule has 2 aromatic rings. The van der Waals surface area contributed by atoms with Crippen LogP contribution in [0.4, 0.5) is 4.79 Å². The molecule has 7 heteroatoms. The molecule has 0 spiro atoms. The molecule has 1 aromatic carbocycles. The summed E-state index contributed by atoms with van der Waals surface area (Å²) in [5.41, 5.74) is 1.65. The molecule has 0 saturated carbocycles. The highest BCUT2D eigenvalue weighted by atomic mass is 16.5. The number of piperidine rings is 1. The molecule has 0 bridgehead atoms. The summed E-state index contributed by atoms with van der Waals surface area (Å²) in [5, 5.41) is 7.03. The summed E-state index contributed by atoms with van der Waals surface area (Å²) in [5.74, 6) is 1.40. The van der Waals surface area contributed by atoms with Gasteiger partial charge in [0.15, 0.2) is 5.76 Å². The molecule has 0 radical (unpaired) electrons. The molecule has 28 heavy (non-hydrogen) atoms. The number of hydrogen-bond donors (Lipinski definition) is 1. The third-order valence-corrected chi connectivity index (χ3v) is 5.81. The van der Waals surface area contributed by atoms with Crippen molar-refractivity contribution in [2.24, 2.45) is 0 Å². The number of ether oxygens (including phenoxy) is 1. The standard InChI is InChI=1S/C21H28N4O3/c1-15-6-3-4-9-25(15)17-13-24(14-17)21(26)22-12-19-11-20(23-28-19)16-7-5-8-18(10-16)27-2/h5,7-8,10-11,15,17H,3-4,6,9,12-14H2,1-2H3,(H,22,26)/t15-/m1/s1. The fourth-order valence-corrected chi connectivity index (χ4v) is 4.08. The molecule has 0 aliphatic carbocycles. The number of hydrogen-bond acceptors (Lipinski definition) is 5. The molecule has 0 unspecified atom stereocenters. The number of methoxy groups -OCH3 is 1. The lowest BCUT2D eigenvalue weighted by atomic mass is 9.98. The van der Waals surface area contributed by atoms with E-state index in [1.807, 2.05) is 35.2 Å². The molecule has 2 aliphatic heterocycles. The van der Waals surface area contributed by atoms with Crippen molar-refractivity contribution >= 4 is 6.03 Å². The van der Waals surface area contributed by atoms with Crippen molar-refractivity contribution in [1.82, 2.24) is 20.3 Å². The van der Waals surface area contributed by atoms with Crippen molar-refractivity contribution < 1.29 is 14.1 Å². The monoisotopic (exact) mass is 384 g/mol. The number of urea groups is 1. The molecule has 7 nitrogen and oxygen atoms in total. The van der Waals surface area contributed by atoms with Crippen LogP contribution in [-0.2, 0) is 6.54 Å². The summed E-state index contributed by atoms with van der Waals surface area (Å²) in [4.78, 5) is 16.8. The molecule has 1 atom stereocenters. The van der Waals surface area contributed by atoms with E-state index in [2.05, 4.69) is 22.3 Å². The van der Waals surface area contributed by atoms with Crippen LogP contribution in [0.1, 0.15) is 31.9 Å². The smallest absolute Gasteiger partial charge is 0.317 e. The minimum Gasteiger partial charge on any atom is -0.497 e. The van der Waals surface area contributed by atoms with Gasteiger partial charge in [-0.05, 0) is 38.4 Å². The number of carbonyl (C=O) groups is 1. The van der Waals surface area contributed by atoms with Crippen molar-refractivity contribution in [3.05, 3.63) is 36.1 Å². The second-order valence-corrected chi connectivity index (χ2v) is 7.71. The fourth-order valence-electron chi connectivity index (χ4n) is 4.08. The van der Waals surface area contributed by atoms with Gasteiger partial charge in [-0.2, -0.15) is 0 Å². The molecule has 2 amide bonds. The predicted molar refractivity (Wildman–Crippen MR) is 106 cm³/mol. The van der Waals surface area contributed by atoms with Gasteiger partial charge >= 0.3 is 6.03 Å². The van der Waals surface area contributed by atoms with Crippen LogP contribution in [0.25, 0.3) is 11.3 Å². The fraction of sp³-hybridized carbons (Fsp3) is 0.524. The molecule has 1 aromatic heterocycles. The van der Waals surface area contributed by atoms with E-state index in [0.717, 1.165) is 36.6 Å². The molecule has 4 rings (SSSR count). The van der Waals surface area contributed by atoms with Crippen molar-refractivity contribution in [1.29, 1.82) is 0 Å². The lowest BCUT2D eigenvalue weighted by Gasteiger charge is -2.49. The number of amides is 2. The first-order valence-corrected chi connectivity index (χ1v) is 10.0. The van der Waals surface area contributed by atoms with Crippen molar-refractivity contribution in [2.75, 3.05) is 26.7 Å². The Morgan fingerprint density at radius 3 is 2.96 bits per heavy atom. The van der Waals surface area contributed by atoms with Gasteiger partial charge in [-0.1, -0.05) is 23.7 Å². The maximum atomic E-state index is 12.4. The van der Waals surface area contributed by atoms with Gasteiger partial charge in [0, 0.05) is 36.8 Å². The number of carbonyl (C=O) groups excluding carboxylic acids is 1. The van der Waals surface area contributed by atoms with Crippen LogP contribution in [0, 0.1) is 0 Å². The Kier molecular flexibility index (Phi) is 5.52. The van der Waals surface area contributed by atoms with Gasteiger partial charge in [-0.15, -0.1) is 0 Å². The third-order valence-electron chi connectivity index (χ3n) is 5.81. The quantitative estimate of drug-likeness (QED) is 0.858. The van der Waals surface area contributed by atoms with Crippen LogP contribution in [0.15, 0.2) is 34.9 Å². The summed E-state index contributed by atoms with van der Waals surface area (Å²) in [6, 6.07) is 10.6. The maximum Gasteiger partial charge on any atom is 0.317 e. The highest BCUT2D eigenvalue weighted by molar-refractivity contribution is 5.75. The van der Waals surface area contributed by atoms with E-state index in [0.29, 0.717) is 24.4 Å². The molecule has 1 N–H and O–H groups in total. The number of nitrogens with zero attached hydrogens (tertiary/aromatic N) is 3. The number of likely N-dealkylation sites (tertiary alicyclic amines) is 2. The van der Waals surface area contributed by atoms with Crippen LogP contribution in [0.3, 0.4) is 0 Å². The van der Waals surface area contributed by atoms with Gasteiger partial charge in [-0.3, -0.25) is 4.90 Å². The number of benzene rings is 1. The molecular formula is C21H28N4O3. The van der Waals surface area contributed by atoms with Gasteiger partial charge in [0.1, 0.15) is 11.4 Å². The lowest BCUT2D eigenvalue weighted by molar-refractivity contribution is 0.0168. The average molecular weight is 384 g/mol. The van der Waals surface area contributed by atoms with Crippen LogP contribution in [-0.4, -0.2) is 59.8 Å². The molecule has 2 aliphatic rings. The highest BCUT2D eigenvalue weighted by Crippen LogP contribution is 2.25. The first kappa shape index (κ1) is 18.8. The van der Waals surface area contributed by atoms with Crippen molar-refractivity contribution in [3.8, 4) is 17.0 Å². The normalized spacial score (nSPS) is 20.6. The van der Waals surface area contributed by atoms with E-state index < -0.39 is 0 Å². The molecule has 2 fully saturated rings. The third kappa shape index (κ3) is 3.99. The van der Waals surface area contributed by atoms with Gasteiger partial charge in [0.05, 0.1) is 13.7 Å². The molecule has 150 valence electrons. The Labute approximate surface area is 165 Å². The number of aromatic nitrogens is 1. The topological polar surface area (TPSA) is 70.8 Å². The average Bonchev–Trinajstić information content (AvgIpc) is 3.16. The van der Waals surface area contributed by atoms with E-state index in [1.54, 1.807) is 7.11 Å². The summed E-state index contributed by atoms with van der Waals surface area (Å²) >= 11 is 0. The number of nitrogens with one attached hydrogen (secondary N) is 1. The first-order chi connectivity index (χ1) is 13.6.